The molecule has 1 N–H and O–H groups in total. The van der Waals surface area contributed by atoms with Crippen LogP contribution >= 0.6 is 11.8 Å². The molecule has 6 nitrogen and oxygen atoms in total. The van der Waals surface area contributed by atoms with E-state index >= 15 is 0 Å². The van der Waals surface area contributed by atoms with Crippen molar-refractivity contribution in [2.75, 3.05) is 11.1 Å². The Morgan fingerprint density at radius 3 is 2.42 bits per heavy atom. The van der Waals surface area contributed by atoms with Crippen molar-refractivity contribution >= 4 is 34.3 Å². The second-order valence-corrected chi connectivity index (χ2v) is 7.92. The molecule has 0 saturated carbocycles. The van der Waals surface area contributed by atoms with Gasteiger partial charge in [0.2, 0.25) is 5.91 Å². The van der Waals surface area contributed by atoms with Crippen molar-refractivity contribution in [2.24, 2.45) is 7.05 Å². The third-order valence-corrected chi connectivity index (χ3v) is 5.65. The average molecular weight is 432 g/mol. The van der Waals surface area contributed by atoms with Gasteiger partial charge in [-0.15, -0.1) is 0 Å². The van der Waals surface area contributed by atoms with Crippen molar-refractivity contribution in [1.82, 2.24) is 9.55 Å². The Morgan fingerprint density at radius 1 is 0.968 bits per heavy atom. The second-order valence-electron chi connectivity index (χ2n) is 6.86. The molecule has 1 amide bonds. The summed E-state index contributed by atoms with van der Waals surface area (Å²) in [4.78, 5) is 29.3. The number of thioether (sulfide) groups is 1. The van der Waals surface area contributed by atoms with Crippen LogP contribution < -0.4 is 15.6 Å². The third-order valence-electron chi connectivity index (χ3n) is 4.62. The van der Waals surface area contributed by atoms with Gasteiger partial charge in [-0.1, -0.05) is 42.1 Å². The van der Waals surface area contributed by atoms with Crippen LogP contribution in [0.1, 0.15) is 6.42 Å². The number of carbonyl (C=O) groups excluding carboxylic acids is 1. The molecule has 1 heterocycles. The molecule has 0 bridgehead atoms. The lowest BCUT2D eigenvalue weighted by Crippen LogP contribution is -2.20. The van der Waals surface area contributed by atoms with Gasteiger partial charge in [-0.25, -0.2) is 4.98 Å². The first-order valence-corrected chi connectivity index (χ1v) is 10.8. The maximum atomic E-state index is 12.5. The summed E-state index contributed by atoms with van der Waals surface area (Å²) in [5, 5.41) is 4.06. The topological polar surface area (TPSA) is 73.2 Å². The monoisotopic (exact) mass is 431 g/mol. The van der Waals surface area contributed by atoms with Crippen LogP contribution in [0.5, 0.6) is 11.5 Å². The van der Waals surface area contributed by atoms with E-state index in [9.17, 15) is 9.59 Å². The van der Waals surface area contributed by atoms with E-state index in [0.717, 1.165) is 5.75 Å². The molecule has 0 aliphatic heterocycles. The first kappa shape index (κ1) is 20.7. The summed E-state index contributed by atoms with van der Waals surface area (Å²) in [6, 6.07) is 24.0. The van der Waals surface area contributed by atoms with Crippen LogP contribution in [0.15, 0.2) is 88.8 Å². The van der Waals surface area contributed by atoms with E-state index in [1.54, 1.807) is 25.2 Å². The normalized spacial score (nSPS) is 10.7. The summed E-state index contributed by atoms with van der Waals surface area (Å²) >= 11 is 1.39. The molecular formula is C24H21N3O3S. The Bertz CT molecular complexity index is 1250. The number of benzene rings is 3. The van der Waals surface area contributed by atoms with E-state index in [0.29, 0.717) is 39.7 Å². The summed E-state index contributed by atoms with van der Waals surface area (Å²) in [5.41, 5.74) is 1.28. The van der Waals surface area contributed by atoms with Crippen LogP contribution in [0.25, 0.3) is 10.9 Å². The number of ether oxygens (including phenoxy) is 1. The minimum atomic E-state index is -0.102. The molecule has 4 rings (SSSR count). The molecule has 0 aliphatic rings. The number of nitrogens with one attached hydrogen (secondary N) is 1. The number of nitrogens with zero attached hydrogens (tertiary/aromatic N) is 2. The highest BCUT2D eigenvalue weighted by Crippen LogP contribution is 2.23. The number of anilines is 1. The van der Waals surface area contributed by atoms with Crippen LogP contribution in [-0.2, 0) is 11.8 Å². The molecule has 0 saturated heterocycles. The van der Waals surface area contributed by atoms with Gasteiger partial charge in [-0.3, -0.25) is 14.2 Å². The van der Waals surface area contributed by atoms with E-state index in [-0.39, 0.29) is 11.5 Å². The number of carbonyl (C=O) groups is 1. The quantitative estimate of drug-likeness (QED) is 0.335. The highest BCUT2D eigenvalue weighted by Gasteiger charge is 2.10. The largest absolute Gasteiger partial charge is 0.457 e. The average Bonchev–Trinajstić information content (AvgIpc) is 2.79. The summed E-state index contributed by atoms with van der Waals surface area (Å²) in [5.74, 6) is 1.87. The molecule has 0 radical (unpaired) electrons. The highest BCUT2D eigenvalue weighted by molar-refractivity contribution is 7.99. The summed E-state index contributed by atoms with van der Waals surface area (Å²) in [6.45, 7) is 0. The standard InChI is InChI=1S/C24H21N3O3S/c1-27-23(29)20-9-5-6-10-21(20)26-24(27)31-16-15-22(28)25-17-11-13-19(14-12-17)30-18-7-3-2-4-8-18/h2-14H,15-16H2,1H3,(H,25,28). The van der Waals surface area contributed by atoms with Crippen molar-refractivity contribution in [3.8, 4) is 11.5 Å². The second kappa shape index (κ2) is 9.49. The SMILES string of the molecule is Cn1c(SCCC(=O)Nc2ccc(Oc3ccccc3)cc2)nc2ccccc2c1=O. The highest BCUT2D eigenvalue weighted by atomic mass is 32.2. The van der Waals surface area contributed by atoms with Crippen LogP contribution in [-0.4, -0.2) is 21.2 Å². The van der Waals surface area contributed by atoms with E-state index in [1.165, 1.54) is 16.3 Å². The van der Waals surface area contributed by atoms with E-state index in [2.05, 4.69) is 10.3 Å². The van der Waals surface area contributed by atoms with Crippen LogP contribution in [0, 0.1) is 0 Å². The molecule has 31 heavy (non-hydrogen) atoms. The Kier molecular flexibility index (Phi) is 6.33. The van der Waals surface area contributed by atoms with Crippen molar-refractivity contribution in [3.63, 3.8) is 0 Å². The fraction of sp³-hybridized carbons (Fsp3) is 0.125. The number of amides is 1. The van der Waals surface area contributed by atoms with Gasteiger partial charge in [0, 0.05) is 24.9 Å². The number of rotatable bonds is 7. The van der Waals surface area contributed by atoms with Gasteiger partial charge in [-0.05, 0) is 48.5 Å². The minimum Gasteiger partial charge on any atom is -0.457 e. The molecular weight excluding hydrogens is 410 g/mol. The molecule has 0 fully saturated rings. The smallest absolute Gasteiger partial charge is 0.261 e. The maximum Gasteiger partial charge on any atom is 0.261 e. The van der Waals surface area contributed by atoms with Gasteiger partial charge in [0.1, 0.15) is 11.5 Å². The van der Waals surface area contributed by atoms with Gasteiger partial charge in [0.25, 0.3) is 5.56 Å². The van der Waals surface area contributed by atoms with Crippen molar-refractivity contribution in [2.45, 2.75) is 11.6 Å². The Labute approximate surface area is 183 Å². The molecule has 0 atom stereocenters. The number of para-hydroxylation sites is 2. The van der Waals surface area contributed by atoms with Gasteiger partial charge < -0.3 is 10.1 Å². The van der Waals surface area contributed by atoms with E-state index < -0.39 is 0 Å². The first-order valence-electron chi connectivity index (χ1n) is 9.81. The zero-order valence-corrected chi connectivity index (χ0v) is 17.8. The van der Waals surface area contributed by atoms with Crippen LogP contribution in [0.3, 0.4) is 0 Å². The third kappa shape index (κ3) is 5.13. The molecule has 4 aromatic rings. The Hall–Kier alpha value is -3.58. The van der Waals surface area contributed by atoms with E-state index in [4.69, 9.17) is 4.74 Å². The first-order chi connectivity index (χ1) is 15.1. The lowest BCUT2D eigenvalue weighted by Gasteiger charge is -2.09. The molecule has 1 aromatic heterocycles. The predicted octanol–water partition coefficient (Wildman–Crippen LogP) is 4.85. The fourth-order valence-corrected chi connectivity index (χ4v) is 3.93. The lowest BCUT2D eigenvalue weighted by atomic mass is 10.2. The summed E-state index contributed by atoms with van der Waals surface area (Å²) in [6.07, 6.45) is 0.301. The van der Waals surface area contributed by atoms with Gasteiger partial charge >= 0.3 is 0 Å². The number of fused-ring (bicyclic) bond motifs is 1. The molecule has 7 heteroatoms. The lowest BCUT2D eigenvalue weighted by molar-refractivity contribution is -0.115. The molecule has 0 unspecified atom stereocenters. The van der Waals surface area contributed by atoms with Gasteiger partial charge in [-0.2, -0.15) is 0 Å². The molecule has 0 aliphatic carbocycles. The van der Waals surface area contributed by atoms with E-state index in [1.807, 2.05) is 60.7 Å². The fourth-order valence-electron chi connectivity index (χ4n) is 3.02. The summed E-state index contributed by atoms with van der Waals surface area (Å²) < 4.78 is 7.28. The Balaban J connectivity index is 1.31. The van der Waals surface area contributed by atoms with Crippen LogP contribution in [0.4, 0.5) is 5.69 Å². The van der Waals surface area contributed by atoms with Crippen molar-refractivity contribution in [3.05, 3.63) is 89.2 Å². The zero-order valence-electron chi connectivity index (χ0n) is 16.9. The van der Waals surface area contributed by atoms with Gasteiger partial charge in [0.05, 0.1) is 10.9 Å². The molecule has 0 spiro atoms. The number of hydrogen-bond acceptors (Lipinski definition) is 5. The Morgan fingerprint density at radius 2 is 1.65 bits per heavy atom. The van der Waals surface area contributed by atoms with Crippen molar-refractivity contribution in [1.29, 1.82) is 0 Å². The van der Waals surface area contributed by atoms with Crippen LogP contribution in [0.2, 0.25) is 0 Å². The maximum absolute atomic E-state index is 12.5. The minimum absolute atomic E-state index is 0.0876. The predicted molar refractivity (Wildman–Crippen MR) is 124 cm³/mol. The summed E-state index contributed by atoms with van der Waals surface area (Å²) in [7, 11) is 1.70. The molecule has 3 aromatic carbocycles. The van der Waals surface area contributed by atoms with Gasteiger partial charge in [0.15, 0.2) is 5.16 Å². The number of aromatic nitrogens is 2. The zero-order chi connectivity index (χ0) is 21.6. The number of hydrogen-bond donors (Lipinski definition) is 1. The van der Waals surface area contributed by atoms with Crippen molar-refractivity contribution < 1.29 is 9.53 Å². The molecule has 156 valence electrons.